The van der Waals surface area contributed by atoms with E-state index in [1.807, 2.05) is 25.1 Å². The van der Waals surface area contributed by atoms with Gasteiger partial charge >= 0.3 is 0 Å². The number of nitrogens with zero attached hydrogens (tertiary/aromatic N) is 2. The first kappa shape index (κ1) is 11.4. The minimum atomic E-state index is 0.549. The van der Waals surface area contributed by atoms with Crippen LogP contribution in [0.2, 0.25) is 5.02 Å². The third-order valence-corrected chi connectivity index (χ3v) is 2.59. The van der Waals surface area contributed by atoms with Gasteiger partial charge in [0.1, 0.15) is 11.9 Å². The molecule has 0 saturated heterocycles. The fourth-order valence-electron chi connectivity index (χ4n) is 1.50. The first-order valence-electron chi connectivity index (χ1n) is 5.09. The first-order valence-corrected chi connectivity index (χ1v) is 5.47. The molecule has 1 aromatic carbocycles. The molecule has 0 spiro atoms. The van der Waals surface area contributed by atoms with Crippen LogP contribution in [-0.4, -0.2) is 4.98 Å². The van der Waals surface area contributed by atoms with Crippen LogP contribution >= 0.6 is 11.6 Å². The van der Waals surface area contributed by atoms with Crippen molar-refractivity contribution in [1.82, 2.24) is 4.98 Å². The number of anilines is 2. The molecule has 1 N–H and O–H groups in total. The van der Waals surface area contributed by atoms with Crippen molar-refractivity contribution in [2.24, 2.45) is 0 Å². The molecule has 2 aromatic rings. The van der Waals surface area contributed by atoms with Gasteiger partial charge in [-0.15, -0.1) is 0 Å². The van der Waals surface area contributed by atoms with Crippen LogP contribution in [0.3, 0.4) is 0 Å². The van der Waals surface area contributed by atoms with Crippen LogP contribution in [0.25, 0.3) is 0 Å². The van der Waals surface area contributed by atoms with Crippen LogP contribution < -0.4 is 5.32 Å². The zero-order valence-electron chi connectivity index (χ0n) is 9.24. The number of aromatic nitrogens is 1. The SMILES string of the molecule is Cc1ccnc(Nc2cccc(Cl)c2)c1C#N. The normalized spacial score (nSPS) is 9.71. The first-order chi connectivity index (χ1) is 8.20. The number of halogens is 1. The highest BCUT2D eigenvalue weighted by atomic mass is 35.5. The number of hydrogen-bond acceptors (Lipinski definition) is 3. The summed E-state index contributed by atoms with van der Waals surface area (Å²) in [6, 6.07) is 11.2. The number of benzene rings is 1. The van der Waals surface area contributed by atoms with Gasteiger partial charge in [-0.2, -0.15) is 5.26 Å². The van der Waals surface area contributed by atoms with E-state index in [9.17, 15) is 0 Å². The minimum absolute atomic E-state index is 0.549. The predicted octanol–water partition coefficient (Wildman–Crippen LogP) is 3.66. The summed E-state index contributed by atoms with van der Waals surface area (Å²) in [7, 11) is 0. The van der Waals surface area contributed by atoms with Gasteiger partial charge in [-0.1, -0.05) is 17.7 Å². The van der Waals surface area contributed by atoms with E-state index in [1.165, 1.54) is 0 Å². The fraction of sp³-hybridized carbons (Fsp3) is 0.0769. The zero-order chi connectivity index (χ0) is 12.3. The van der Waals surface area contributed by atoms with Gasteiger partial charge in [-0.05, 0) is 36.8 Å². The molecular weight excluding hydrogens is 234 g/mol. The second-order valence-electron chi connectivity index (χ2n) is 3.60. The summed E-state index contributed by atoms with van der Waals surface area (Å²) in [5, 5.41) is 12.8. The third-order valence-electron chi connectivity index (χ3n) is 2.36. The number of hydrogen-bond donors (Lipinski definition) is 1. The molecule has 3 nitrogen and oxygen atoms in total. The molecule has 0 amide bonds. The van der Waals surface area contributed by atoms with Gasteiger partial charge in [0, 0.05) is 16.9 Å². The molecule has 84 valence electrons. The summed E-state index contributed by atoms with van der Waals surface area (Å²) < 4.78 is 0. The van der Waals surface area contributed by atoms with Crippen LogP contribution in [0.4, 0.5) is 11.5 Å². The Labute approximate surface area is 105 Å². The number of aryl methyl sites for hydroxylation is 1. The molecule has 1 aromatic heterocycles. The number of nitrogens with one attached hydrogen (secondary N) is 1. The fourth-order valence-corrected chi connectivity index (χ4v) is 1.69. The summed E-state index contributed by atoms with van der Waals surface area (Å²) in [5.74, 6) is 0.551. The smallest absolute Gasteiger partial charge is 0.148 e. The van der Waals surface area contributed by atoms with Crippen molar-refractivity contribution in [2.75, 3.05) is 5.32 Å². The van der Waals surface area contributed by atoms with Crippen LogP contribution in [0.5, 0.6) is 0 Å². The molecule has 0 aliphatic carbocycles. The van der Waals surface area contributed by atoms with Gasteiger partial charge in [0.05, 0.1) is 5.56 Å². The molecule has 0 fully saturated rings. The Morgan fingerprint density at radius 1 is 1.35 bits per heavy atom. The van der Waals surface area contributed by atoms with Gasteiger partial charge < -0.3 is 5.32 Å². The van der Waals surface area contributed by atoms with Crippen molar-refractivity contribution in [1.29, 1.82) is 5.26 Å². The van der Waals surface area contributed by atoms with Crippen molar-refractivity contribution < 1.29 is 0 Å². The predicted molar refractivity (Wildman–Crippen MR) is 68.4 cm³/mol. The van der Waals surface area contributed by atoms with Crippen LogP contribution in [0.15, 0.2) is 36.5 Å². The van der Waals surface area contributed by atoms with Crippen LogP contribution in [-0.2, 0) is 0 Å². The van der Waals surface area contributed by atoms with Crippen molar-refractivity contribution in [3.05, 3.63) is 52.7 Å². The molecule has 17 heavy (non-hydrogen) atoms. The summed E-state index contributed by atoms with van der Waals surface area (Å²) in [6.45, 7) is 1.88. The maximum Gasteiger partial charge on any atom is 0.148 e. The molecule has 1 heterocycles. The molecule has 0 unspecified atom stereocenters. The second kappa shape index (κ2) is 4.86. The number of pyridine rings is 1. The second-order valence-corrected chi connectivity index (χ2v) is 4.04. The van der Waals surface area contributed by atoms with Crippen LogP contribution in [0.1, 0.15) is 11.1 Å². The molecule has 4 heteroatoms. The Morgan fingerprint density at radius 3 is 2.88 bits per heavy atom. The molecule has 0 bridgehead atoms. The monoisotopic (exact) mass is 243 g/mol. The minimum Gasteiger partial charge on any atom is -0.339 e. The lowest BCUT2D eigenvalue weighted by molar-refractivity contribution is 1.24. The standard InChI is InChI=1S/C13H10ClN3/c1-9-5-6-16-13(12(9)8-15)17-11-4-2-3-10(14)7-11/h2-7H,1H3,(H,16,17). The lowest BCUT2D eigenvalue weighted by atomic mass is 10.1. The van der Waals surface area contributed by atoms with E-state index in [4.69, 9.17) is 16.9 Å². The Kier molecular flexibility index (Phi) is 3.27. The molecule has 2 rings (SSSR count). The molecule has 0 saturated carbocycles. The third kappa shape index (κ3) is 2.55. The Hall–Kier alpha value is -2.05. The van der Waals surface area contributed by atoms with E-state index in [1.54, 1.807) is 18.3 Å². The molecular formula is C13H10ClN3. The molecule has 0 aliphatic heterocycles. The lowest BCUT2D eigenvalue weighted by Gasteiger charge is -2.08. The van der Waals surface area contributed by atoms with Gasteiger partial charge in [0.15, 0.2) is 0 Å². The quantitative estimate of drug-likeness (QED) is 0.876. The highest BCUT2D eigenvalue weighted by Crippen LogP contribution is 2.22. The van der Waals surface area contributed by atoms with E-state index >= 15 is 0 Å². The Bertz CT molecular complexity index is 587. The summed E-state index contributed by atoms with van der Waals surface area (Å²) in [5.41, 5.74) is 2.26. The van der Waals surface area contributed by atoms with E-state index in [-0.39, 0.29) is 0 Å². The Morgan fingerprint density at radius 2 is 2.18 bits per heavy atom. The largest absolute Gasteiger partial charge is 0.339 e. The van der Waals surface area contributed by atoms with E-state index in [0.29, 0.717) is 16.4 Å². The van der Waals surface area contributed by atoms with Crippen molar-refractivity contribution in [2.45, 2.75) is 6.92 Å². The van der Waals surface area contributed by atoms with Crippen LogP contribution in [0, 0.1) is 18.3 Å². The van der Waals surface area contributed by atoms with Gasteiger partial charge in [-0.25, -0.2) is 4.98 Å². The van der Waals surface area contributed by atoms with Gasteiger partial charge in [-0.3, -0.25) is 0 Å². The average molecular weight is 244 g/mol. The van der Waals surface area contributed by atoms with Gasteiger partial charge in [0.2, 0.25) is 0 Å². The average Bonchev–Trinajstić information content (AvgIpc) is 2.29. The summed E-state index contributed by atoms with van der Waals surface area (Å²) in [6.07, 6.45) is 1.67. The summed E-state index contributed by atoms with van der Waals surface area (Å²) >= 11 is 5.89. The van der Waals surface area contributed by atoms with Crippen molar-refractivity contribution in [3.8, 4) is 6.07 Å². The molecule has 0 radical (unpaired) electrons. The van der Waals surface area contributed by atoms with E-state index in [0.717, 1.165) is 11.3 Å². The van der Waals surface area contributed by atoms with E-state index < -0.39 is 0 Å². The summed E-state index contributed by atoms with van der Waals surface area (Å²) in [4.78, 5) is 4.16. The molecule has 0 atom stereocenters. The lowest BCUT2D eigenvalue weighted by Crippen LogP contribution is -1.98. The highest BCUT2D eigenvalue weighted by molar-refractivity contribution is 6.30. The topological polar surface area (TPSA) is 48.7 Å². The number of rotatable bonds is 2. The van der Waals surface area contributed by atoms with Gasteiger partial charge in [0.25, 0.3) is 0 Å². The van der Waals surface area contributed by atoms with E-state index in [2.05, 4.69) is 16.4 Å². The zero-order valence-corrected chi connectivity index (χ0v) is 9.99. The maximum absolute atomic E-state index is 9.08. The van der Waals surface area contributed by atoms with Crippen molar-refractivity contribution in [3.63, 3.8) is 0 Å². The number of nitriles is 1. The molecule has 0 aliphatic rings. The highest BCUT2D eigenvalue weighted by Gasteiger charge is 2.06. The Balaban J connectivity index is 2.37. The maximum atomic E-state index is 9.08. The van der Waals surface area contributed by atoms with Crippen molar-refractivity contribution >= 4 is 23.1 Å².